The summed E-state index contributed by atoms with van der Waals surface area (Å²) in [6.45, 7) is 0.528. The zero-order chi connectivity index (χ0) is 19.8. The van der Waals surface area contributed by atoms with Crippen LogP contribution in [0.5, 0.6) is 0 Å². The molecule has 0 aliphatic carbocycles. The molecule has 2 aromatic carbocycles. The van der Waals surface area contributed by atoms with Crippen LogP contribution in [-0.2, 0) is 13.0 Å². The van der Waals surface area contributed by atoms with Crippen LogP contribution >= 0.6 is 0 Å². The molecule has 2 heterocycles. The smallest absolute Gasteiger partial charge is 0.310 e. The average molecular weight is 390 g/mol. The molecule has 2 N–H and O–H groups in total. The first-order chi connectivity index (χ1) is 13.4. The van der Waals surface area contributed by atoms with Crippen LogP contribution < -0.4 is 16.2 Å². The van der Waals surface area contributed by atoms with Gasteiger partial charge in [-0.3, -0.25) is 4.79 Å². The summed E-state index contributed by atoms with van der Waals surface area (Å²) in [7, 11) is 0. The van der Waals surface area contributed by atoms with Crippen molar-refractivity contribution in [2.24, 2.45) is 0 Å². The number of nitrogens with zero attached hydrogens (tertiary/aromatic N) is 2. The molecule has 1 aliphatic heterocycles. The lowest BCUT2D eigenvalue weighted by Gasteiger charge is -2.16. The number of fused-ring (bicyclic) bond motifs is 1. The molecule has 1 aromatic heterocycles. The van der Waals surface area contributed by atoms with E-state index < -0.39 is 28.8 Å². The molecule has 4 rings (SSSR count). The lowest BCUT2D eigenvalue weighted by Crippen LogP contribution is -2.20. The first-order valence-electron chi connectivity index (χ1n) is 8.45. The number of rotatable bonds is 4. The van der Waals surface area contributed by atoms with Gasteiger partial charge in [-0.1, -0.05) is 6.07 Å². The minimum atomic E-state index is -1.58. The molecule has 1 aliphatic rings. The van der Waals surface area contributed by atoms with Crippen molar-refractivity contribution in [3.8, 4) is 0 Å². The van der Waals surface area contributed by atoms with Crippen LogP contribution in [0.3, 0.4) is 0 Å². The second-order valence-electron chi connectivity index (χ2n) is 6.35. The largest absolute Gasteiger partial charge is 0.384 e. The molecule has 0 unspecified atom stereocenters. The van der Waals surface area contributed by atoms with Crippen LogP contribution in [0.1, 0.15) is 11.1 Å². The molecule has 0 amide bonds. The summed E-state index contributed by atoms with van der Waals surface area (Å²) in [4.78, 5) is 15.4. The van der Waals surface area contributed by atoms with Gasteiger partial charge in [-0.05, 0) is 36.2 Å². The van der Waals surface area contributed by atoms with Crippen molar-refractivity contribution < 1.29 is 17.6 Å². The van der Waals surface area contributed by atoms with Crippen LogP contribution in [0, 0.1) is 23.3 Å². The fraction of sp³-hybridized carbons (Fsp3) is 0.158. The average Bonchev–Trinajstić information content (AvgIpc) is 3.13. The van der Waals surface area contributed by atoms with Gasteiger partial charge in [0, 0.05) is 29.7 Å². The van der Waals surface area contributed by atoms with Crippen molar-refractivity contribution in [1.29, 1.82) is 0 Å². The lowest BCUT2D eigenvalue weighted by molar-refractivity contribution is 0.444. The van der Waals surface area contributed by atoms with Crippen molar-refractivity contribution in [3.05, 3.63) is 81.3 Å². The van der Waals surface area contributed by atoms with E-state index in [1.54, 1.807) is 12.1 Å². The van der Waals surface area contributed by atoms with Gasteiger partial charge in [0.1, 0.15) is 0 Å². The van der Waals surface area contributed by atoms with Gasteiger partial charge in [-0.25, -0.2) is 13.2 Å². The Kier molecular flexibility index (Phi) is 4.50. The van der Waals surface area contributed by atoms with E-state index in [1.807, 2.05) is 6.07 Å². The summed E-state index contributed by atoms with van der Waals surface area (Å²) in [6.07, 6.45) is 1.64. The van der Waals surface area contributed by atoms with Crippen LogP contribution in [0.2, 0.25) is 0 Å². The van der Waals surface area contributed by atoms with Crippen molar-refractivity contribution >= 4 is 17.3 Å². The standard InChI is InChI=1S/C19H14F4N4O/c20-12-6-10(7-13(21)17(12)23)8-27-9-14(22)18(28)26-19(27)25-16-3-1-2-15-11(16)4-5-24-15/h1-3,6-7,9,24H,4-5,8H2,(H,25,26,28). The van der Waals surface area contributed by atoms with E-state index in [1.165, 1.54) is 4.57 Å². The highest BCUT2D eigenvalue weighted by molar-refractivity contribution is 5.71. The number of nitrogens with one attached hydrogen (secondary N) is 2. The number of anilines is 3. The zero-order valence-corrected chi connectivity index (χ0v) is 14.4. The van der Waals surface area contributed by atoms with E-state index in [-0.39, 0.29) is 18.1 Å². The molecule has 0 spiro atoms. The number of benzene rings is 2. The Labute approximate surface area is 156 Å². The van der Waals surface area contributed by atoms with Crippen LogP contribution in [0.15, 0.2) is 41.3 Å². The Bertz CT molecular complexity index is 1110. The van der Waals surface area contributed by atoms with E-state index >= 15 is 0 Å². The predicted molar refractivity (Wildman–Crippen MR) is 95.8 cm³/mol. The fourth-order valence-electron chi connectivity index (χ4n) is 3.16. The molecule has 0 saturated heterocycles. The van der Waals surface area contributed by atoms with Gasteiger partial charge in [0.25, 0.3) is 0 Å². The first-order valence-corrected chi connectivity index (χ1v) is 8.45. The molecular weight excluding hydrogens is 376 g/mol. The van der Waals surface area contributed by atoms with Gasteiger partial charge in [-0.2, -0.15) is 9.37 Å². The summed E-state index contributed by atoms with van der Waals surface area (Å²) in [6, 6.07) is 7.10. The molecule has 144 valence electrons. The van der Waals surface area contributed by atoms with Crippen molar-refractivity contribution in [3.63, 3.8) is 0 Å². The summed E-state index contributed by atoms with van der Waals surface area (Å²) in [5, 5.41) is 6.20. The third-order valence-corrected chi connectivity index (χ3v) is 4.46. The maximum atomic E-state index is 13.8. The lowest BCUT2D eigenvalue weighted by atomic mass is 10.1. The van der Waals surface area contributed by atoms with Crippen LogP contribution in [0.4, 0.5) is 34.9 Å². The Morgan fingerprint density at radius 2 is 1.86 bits per heavy atom. The van der Waals surface area contributed by atoms with E-state index in [4.69, 9.17) is 0 Å². The molecule has 0 radical (unpaired) electrons. The highest BCUT2D eigenvalue weighted by Crippen LogP contribution is 2.30. The van der Waals surface area contributed by atoms with E-state index in [9.17, 15) is 22.4 Å². The molecule has 28 heavy (non-hydrogen) atoms. The number of aromatic nitrogens is 2. The Morgan fingerprint density at radius 1 is 1.11 bits per heavy atom. The number of hydrogen-bond acceptors (Lipinski definition) is 4. The Balaban J connectivity index is 1.73. The zero-order valence-electron chi connectivity index (χ0n) is 14.4. The fourth-order valence-corrected chi connectivity index (χ4v) is 3.16. The maximum absolute atomic E-state index is 13.8. The van der Waals surface area contributed by atoms with Crippen LogP contribution in [-0.4, -0.2) is 16.1 Å². The number of halogens is 4. The minimum Gasteiger partial charge on any atom is -0.384 e. The normalized spacial score (nSPS) is 12.6. The monoisotopic (exact) mass is 390 g/mol. The molecule has 3 aromatic rings. The van der Waals surface area contributed by atoms with E-state index in [2.05, 4.69) is 15.6 Å². The van der Waals surface area contributed by atoms with Crippen LogP contribution in [0.25, 0.3) is 0 Å². The molecule has 0 atom stereocenters. The van der Waals surface area contributed by atoms with Gasteiger partial charge in [-0.15, -0.1) is 0 Å². The van der Waals surface area contributed by atoms with Gasteiger partial charge in [0.15, 0.2) is 17.5 Å². The number of hydrogen-bond donors (Lipinski definition) is 2. The highest BCUT2D eigenvalue weighted by Gasteiger charge is 2.17. The molecule has 5 nitrogen and oxygen atoms in total. The molecule has 0 fully saturated rings. The summed E-state index contributed by atoms with van der Waals surface area (Å²) < 4.78 is 55.2. The summed E-state index contributed by atoms with van der Waals surface area (Å²) >= 11 is 0. The third-order valence-electron chi connectivity index (χ3n) is 4.46. The second kappa shape index (κ2) is 6.99. The van der Waals surface area contributed by atoms with Gasteiger partial charge in [0.05, 0.1) is 6.54 Å². The Hall–Kier alpha value is -3.36. The first kappa shape index (κ1) is 18.0. The quantitative estimate of drug-likeness (QED) is 0.528. The second-order valence-corrected chi connectivity index (χ2v) is 6.35. The Morgan fingerprint density at radius 3 is 2.61 bits per heavy atom. The van der Waals surface area contributed by atoms with Crippen molar-refractivity contribution in [2.45, 2.75) is 13.0 Å². The third kappa shape index (κ3) is 3.30. The van der Waals surface area contributed by atoms with E-state index in [0.717, 1.165) is 42.5 Å². The molecule has 0 saturated carbocycles. The van der Waals surface area contributed by atoms with Crippen molar-refractivity contribution in [2.75, 3.05) is 17.2 Å². The molecular formula is C19H14F4N4O. The topological polar surface area (TPSA) is 59.0 Å². The summed E-state index contributed by atoms with van der Waals surface area (Å²) in [5.41, 5.74) is 1.56. The van der Waals surface area contributed by atoms with Crippen molar-refractivity contribution in [1.82, 2.24) is 9.55 Å². The highest BCUT2D eigenvalue weighted by atomic mass is 19.2. The molecule has 0 bridgehead atoms. The molecule has 9 heteroatoms. The van der Waals surface area contributed by atoms with Gasteiger partial charge in [0.2, 0.25) is 11.8 Å². The van der Waals surface area contributed by atoms with Gasteiger partial charge < -0.3 is 15.2 Å². The summed E-state index contributed by atoms with van der Waals surface area (Å²) in [5.74, 6) is -5.42. The maximum Gasteiger partial charge on any atom is 0.310 e. The minimum absolute atomic E-state index is 0.00292. The predicted octanol–water partition coefficient (Wildman–Crippen LogP) is 3.56. The van der Waals surface area contributed by atoms with E-state index in [0.29, 0.717) is 5.69 Å². The SMILES string of the molecule is O=c1nc(Nc2cccc3c2CCN3)n(Cc2cc(F)c(F)c(F)c2)cc1F. The van der Waals surface area contributed by atoms with Gasteiger partial charge >= 0.3 is 5.56 Å².